The van der Waals surface area contributed by atoms with Gasteiger partial charge in [0.05, 0.1) is 6.42 Å². The topological polar surface area (TPSA) is 49.3 Å². The molecule has 66 valence electrons. The molecule has 0 radical (unpaired) electrons. The van der Waals surface area contributed by atoms with E-state index in [2.05, 4.69) is 5.32 Å². The van der Waals surface area contributed by atoms with E-state index in [4.69, 9.17) is 5.11 Å². The number of carbonyl (C=O) groups is 1. The number of aliphatic carboxylic acids is 1. The lowest BCUT2D eigenvalue weighted by Crippen LogP contribution is -2.03. The highest BCUT2D eigenvalue weighted by molar-refractivity contribution is 7.08. The molecule has 0 spiro atoms. The Balaban J connectivity index is 2.69. The SMILES string of the molecule is CCNc1cscc1CC(=O)O. The van der Waals surface area contributed by atoms with Gasteiger partial charge in [0.1, 0.15) is 0 Å². The molecule has 3 nitrogen and oxygen atoms in total. The van der Waals surface area contributed by atoms with Crippen LogP contribution in [0.15, 0.2) is 10.8 Å². The first-order valence-corrected chi connectivity index (χ1v) is 4.69. The first-order chi connectivity index (χ1) is 5.74. The minimum absolute atomic E-state index is 0.103. The number of anilines is 1. The standard InChI is InChI=1S/C8H11NO2S/c1-2-9-7-5-12-4-6(7)3-8(10)11/h4-5,9H,2-3H2,1H3,(H,10,11). The summed E-state index contributed by atoms with van der Waals surface area (Å²) in [5.74, 6) is -0.785. The number of carboxylic acid groups (broad SMARTS) is 1. The summed E-state index contributed by atoms with van der Waals surface area (Å²) in [6.07, 6.45) is 0.103. The van der Waals surface area contributed by atoms with Crippen molar-refractivity contribution in [2.45, 2.75) is 13.3 Å². The highest BCUT2D eigenvalue weighted by atomic mass is 32.1. The third-order valence-corrected chi connectivity index (χ3v) is 2.24. The fourth-order valence-electron chi connectivity index (χ4n) is 0.969. The van der Waals surface area contributed by atoms with E-state index in [9.17, 15) is 4.79 Å². The van der Waals surface area contributed by atoms with Gasteiger partial charge in [-0.3, -0.25) is 4.79 Å². The summed E-state index contributed by atoms with van der Waals surface area (Å²) in [5, 5.41) is 15.5. The number of hydrogen-bond acceptors (Lipinski definition) is 3. The largest absolute Gasteiger partial charge is 0.481 e. The molecule has 1 aromatic rings. The number of thiophene rings is 1. The van der Waals surface area contributed by atoms with Crippen LogP contribution in [0.25, 0.3) is 0 Å². The van der Waals surface area contributed by atoms with Crippen LogP contribution in [0.4, 0.5) is 5.69 Å². The van der Waals surface area contributed by atoms with Gasteiger partial charge in [-0.25, -0.2) is 0 Å². The average Bonchev–Trinajstić information content (AvgIpc) is 2.37. The second kappa shape index (κ2) is 4.11. The summed E-state index contributed by atoms with van der Waals surface area (Å²) in [5.41, 5.74) is 1.82. The Kier molecular flexibility index (Phi) is 3.10. The second-order valence-corrected chi connectivity index (χ2v) is 3.16. The Morgan fingerprint density at radius 2 is 2.42 bits per heavy atom. The van der Waals surface area contributed by atoms with Crippen molar-refractivity contribution in [2.75, 3.05) is 11.9 Å². The second-order valence-electron chi connectivity index (χ2n) is 2.41. The Hall–Kier alpha value is -1.03. The molecule has 12 heavy (non-hydrogen) atoms. The van der Waals surface area contributed by atoms with Crippen LogP contribution in [0.5, 0.6) is 0 Å². The van der Waals surface area contributed by atoms with Crippen molar-refractivity contribution >= 4 is 23.0 Å². The number of hydrogen-bond donors (Lipinski definition) is 2. The van der Waals surface area contributed by atoms with E-state index in [0.29, 0.717) is 0 Å². The van der Waals surface area contributed by atoms with Gasteiger partial charge in [-0.2, -0.15) is 0 Å². The first-order valence-electron chi connectivity index (χ1n) is 3.74. The van der Waals surface area contributed by atoms with Crippen molar-refractivity contribution in [1.82, 2.24) is 0 Å². The Morgan fingerprint density at radius 1 is 1.67 bits per heavy atom. The Morgan fingerprint density at radius 3 is 3.00 bits per heavy atom. The van der Waals surface area contributed by atoms with Crippen LogP contribution in [0, 0.1) is 0 Å². The molecule has 2 N–H and O–H groups in total. The van der Waals surface area contributed by atoms with E-state index in [1.807, 2.05) is 17.7 Å². The molecule has 0 aromatic carbocycles. The lowest BCUT2D eigenvalue weighted by atomic mass is 10.2. The maximum atomic E-state index is 10.4. The molecule has 0 aliphatic rings. The molecule has 0 unspecified atom stereocenters. The number of carboxylic acids is 1. The molecule has 0 atom stereocenters. The molecular formula is C8H11NO2S. The Labute approximate surface area is 75.0 Å². The van der Waals surface area contributed by atoms with E-state index < -0.39 is 5.97 Å². The fraction of sp³-hybridized carbons (Fsp3) is 0.375. The minimum Gasteiger partial charge on any atom is -0.481 e. The van der Waals surface area contributed by atoms with Gasteiger partial charge in [-0.1, -0.05) is 0 Å². The van der Waals surface area contributed by atoms with Crippen LogP contribution in [-0.2, 0) is 11.2 Å². The van der Waals surface area contributed by atoms with Crippen molar-refractivity contribution in [3.63, 3.8) is 0 Å². The minimum atomic E-state index is -0.785. The van der Waals surface area contributed by atoms with Crippen LogP contribution in [-0.4, -0.2) is 17.6 Å². The summed E-state index contributed by atoms with van der Waals surface area (Å²) < 4.78 is 0. The van der Waals surface area contributed by atoms with E-state index in [-0.39, 0.29) is 6.42 Å². The zero-order valence-corrected chi connectivity index (χ0v) is 7.65. The van der Waals surface area contributed by atoms with E-state index in [0.717, 1.165) is 17.8 Å². The third-order valence-electron chi connectivity index (χ3n) is 1.45. The maximum Gasteiger partial charge on any atom is 0.307 e. The quantitative estimate of drug-likeness (QED) is 0.752. The predicted octanol–water partition coefficient (Wildman–Crippen LogP) is 1.81. The van der Waals surface area contributed by atoms with Crippen molar-refractivity contribution in [2.24, 2.45) is 0 Å². The van der Waals surface area contributed by atoms with E-state index >= 15 is 0 Å². The van der Waals surface area contributed by atoms with E-state index in [1.54, 1.807) is 0 Å². The third kappa shape index (κ3) is 2.23. The molecule has 0 saturated carbocycles. The molecule has 1 heterocycles. The van der Waals surface area contributed by atoms with Gasteiger partial charge in [0.2, 0.25) is 0 Å². The van der Waals surface area contributed by atoms with Gasteiger partial charge < -0.3 is 10.4 Å². The number of rotatable bonds is 4. The van der Waals surface area contributed by atoms with Crippen molar-refractivity contribution in [1.29, 1.82) is 0 Å². The normalized spacial score (nSPS) is 9.75. The zero-order chi connectivity index (χ0) is 8.97. The predicted molar refractivity (Wildman–Crippen MR) is 49.8 cm³/mol. The van der Waals surface area contributed by atoms with E-state index in [1.165, 1.54) is 11.3 Å². The molecule has 0 bridgehead atoms. The monoisotopic (exact) mass is 185 g/mol. The number of nitrogens with one attached hydrogen (secondary N) is 1. The van der Waals surface area contributed by atoms with Crippen molar-refractivity contribution in [3.05, 3.63) is 16.3 Å². The lowest BCUT2D eigenvalue weighted by Gasteiger charge is -2.01. The van der Waals surface area contributed by atoms with Gasteiger partial charge in [-0.05, 0) is 17.9 Å². The fourth-order valence-corrected chi connectivity index (χ4v) is 1.78. The highest BCUT2D eigenvalue weighted by Gasteiger charge is 2.06. The molecule has 0 saturated heterocycles. The maximum absolute atomic E-state index is 10.4. The summed E-state index contributed by atoms with van der Waals surface area (Å²) in [6, 6.07) is 0. The summed E-state index contributed by atoms with van der Waals surface area (Å²) >= 11 is 1.52. The van der Waals surface area contributed by atoms with Crippen LogP contribution in [0.1, 0.15) is 12.5 Å². The summed E-state index contributed by atoms with van der Waals surface area (Å²) in [7, 11) is 0. The molecule has 0 amide bonds. The molecule has 0 aliphatic heterocycles. The van der Waals surface area contributed by atoms with Gasteiger partial charge in [-0.15, -0.1) is 11.3 Å². The molecular weight excluding hydrogens is 174 g/mol. The van der Waals surface area contributed by atoms with Gasteiger partial charge in [0.15, 0.2) is 0 Å². The molecule has 0 fully saturated rings. The molecule has 4 heteroatoms. The van der Waals surface area contributed by atoms with Gasteiger partial charge in [0, 0.05) is 17.6 Å². The highest BCUT2D eigenvalue weighted by Crippen LogP contribution is 2.20. The summed E-state index contributed by atoms with van der Waals surface area (Å²) in [6.45, 7) is 2.81. The van der Waals surface area contributed by atoms with Gasteiger partial charge in [0.25, 0.3) is 0 Å². The van der Waals surface area contributed by atoms with Gasteiger partial charge >= 0.3 is 5.97 Å². The first kappa shape index (κ1) is 9.06. The molecule has 1 aromatic heterocycles. The lowest BCUT2D eigenvalue weighted by molar-refractivity contribution is -0.136. The average molecular weight is 185 g/mol. The summed E-state index contributed by atoms with van der Waals surface area (Å²) in [4.78, 5) is 10.4. The molecule has 0 aliphatic carbocycles. The molecule has 1 rings (SSSR count). The Bertz CT molecular complexity index is 270. The zero-order valence-electron chi connectivity index (χ0n) is 6.83. The van der Waals surface area contributed by atoms with Crippen LogP contribution in [0.2, 0.25) is 0 Å². The van der Waals surface area contributed by atoms with Crippen LogP contribution >= 0.6 is 11.3 Å². The van der Waals surface area contributed by atoms with Crippen LogP contribution in [0.3, 0.4) is 0 Å². The van der Waals surface area contributed by atoms with Crippen molar-refractivity contribution < 1.29 is 9.90 Å². The van der Waals surface area contributed by atoms with Crippen molar-refractivity contribution in [3.8, 4) is 0 Å². The smallest absolute Gasteiger partial charge is 0.307 e. The van der Waals surface area contributed by atoms with Crippen LogP contribution < -0.4 is 5.32 Å².